The Morgan fingerprint density at radius 2 is 2.00 bits per heavy atom. The zero-order valence-electron chi connectivity index (χ0n) is 10.5. The fourth-order valence-electron chi connectivity index (χ4n) is 1.66. The molecule has 5 nitrogen and oxygen atoms in total. The van der Waals surface area contributed by atoms with Crippen LogP contribution in [0.4, 0.5) is 10.8 Å². The van der Waals surface area contributed by atoms with E-state index in [1.54, 1.807) is 0 Å². The highest BCUT2D eigenvalue weighted by molar-refractivity contribution is 7.11. The van der Waals surface area contributed by atoms with Gasteiger partial charge in [0.1, 0.15) is 10.6 Å². The van der Waals surface area contributed by atoms with Crippen molar-refractivity contribution in [2.45, 2.75) is 26.7 Å². The van der Waals surface area contributed by atoms with Crippen molar-refractivity contribution in [3.63, 3.8) is 0 Å². The summed E-state index contributed by atoms with van der Waals surface area (Å²) in [6.45, 7) is 5.98. The molecular formula is C11H19N3O2S. The lowest BCUT2D eigenvalue weighted by Gasteiger charge is -2.22. The van der Waals surface area contributed by atoms with Crippen molar-refractivity contribution in [2.24, 2.45) is 0 Å². The molecule has 1 heterocycles. The summed E-state index contributed by atoms with van der Waals surface area (Å²) in [7, 11) is 1.35. The lowest BCUT2D eigenvalue weighted by molar-refractivity contribution is 0.0603. The highest BCUT2D eigenvalue weighted by atomic mass is 32.1. The van der Waals surface area contributed by atoms with Crippen LogP contribution in [0.5, 0.6) is 0 Å². The van der Waals surface area contributed by atoms with Crippen LogP contribution in [0, 0.1) is 0 Å². The summed E-state index contributed by atoms with van der Waals surface area (Å²) in [5.74, 6) is -0.155. The van der Waals surface area contributed by atoms with Gasteiger partial charge in [0.25, 0.3) is 0 Å². The van der Waals surface area contributed by atoms with Crippen LogP contribution >= 0.6 is 11.5 Å². The van der Waals surface area contributed by atoms with Gasteiger partial charge >= 0.3 is 5.97 Å². The summed E-state index contributed by atoms with van der Waals surface area (Å²) < 4.78 is 8.79. The quantitative estimate of drug-likeness (QED) is 0.791. The summed E-state index contributed by atoms with van der Waals surface area (Å²) in [4.78, 5) is 13.8. The number of carbonyl (C=O) groups excluding carboxylic acids is 1. The van der Waals surface area contributed by atoms with Crippen molar-refractivity contribution in [1.29, 1.82) is 0 Å². The van der Waals surface area contributed by atoms with E-state index in [0.29, 0.717) is 5.56 Å². The van der Waals surface area contributed by atoms with Crippen molar-refractivity contribution in [1.82, 2.24) is 4.37 Å². The van der Waals surface area contributed by atoms with E-state index in [1.807, 2.05) is 0 Å². The van der Waals surface area contributed by atoms with E-state index in [0.717, 1.165) is 30.9 Å². The topological polar surface area (TPSA) is 68.5 Å². The van der Waals surface area contributed by atoms with E-state index in [9.17, 15) is 4.79 Å². The molecular weight excluding hydrogens is 238 g/mol. The van der Waals surface area contributed by atoms with Crippen LogP contribution in [0.3, 0.4) is 0 Å². The first-order chi connectivity index (χ1) is 8.15. The van der Waals surface area contributed by atoms with Crippen molar-refractivity contribution < 1.29 is 9.53 Å². The molecule has 0 amide bonds. The summed E-state index contributed by atoms with van der Waals surface area (Å²) in [5.41, 5.74) is 6.12. The van der Waals surface area contributed by atoms with E-state index in [4.69, 9.17) is 10.5 Å². The molecule has 1 aromatic heterocycles. The van der Waals surface area contributed by atoms with Gasteiger partial charge in [0.2, 0.25) is 0 Å². The first-order valence-electron chi connectivity index (χ1n) is 5.74. The smallest absolute Gasteiger partial charge is 0.344 e. The van der Waals surface area contributed by atoms with Crippen LogP contribution in [0.1, 0.15) is 37.0 Å². The van der Waals surface area contributed by atoms with Crippen molar-refractivity contribution in [3.05, 3.63) is 5.56 Å². The van der Waals surface area contributed by atoms with Crippen LogP contribution in [-0.2, 0) is 4.74 Å². The molecule has 6 heteroatoms. The SMILES string of the molecule is CCCN(CCC)c1snc(N)c1C(=O)OC. The van der Waals surface area contributed by atoms with Gasteiger partial charge in [-0.25, -0.2) is 4.79 Å². The van der Waals surface area contributed by atoms with Crippen LogP contribution in [0.15, 0.2) is 0 Å². The monoisotopic (exact) mass is 257 g/mol. The molecule has 0 aliphatic carbocycles. The summed E-state index contributed by atoms with van der Waals surface area (Å²) in [5, 5.41) is 0.818. The normalized spacial score (nSPS) is 10.3. The summed E-state index contributed by atoms with van der Waals surface area (Å²) >= 11 is 1.26. The van der Waals surface area contributed by atoms with E-state index >= 15 is 0 Å². The predicted molar refractivity (Wildman–Crippen MR) is 70.7 cm³/mol. The van der Waals surface area contributed by atoms with Crippen LogP contribution in [0.25, 0.3) is 0 Å². The van der Waals surface area contributed by atoms with Gasteiger partial charge in [0, 0.05) is 13.1 Å². The van der Waals surface area contributed by atoms with Gasteiger partial charge in [-0.05, 0) is 24.4 Å². The Hall–Kier alpha value is -1.30. The molecule has 1 rings (SSSR count). The molecule has 2 N–H and O–H groups in total. The molecule has 0 atom stereocenters. The molecule has 0 radical (unpaired) electrons. The summed E-state index contributed by atoms with van der Waals surface area (Å²) in [6, 6.07) is 0. The number of methoxy groups -OCH3 is 1. The average Bonchev–Trinajstić information content (AvgIpc) is 2.70. The fraction of sp³-hybridized carbons (Fsp3) is 0.636. The third kappa shape index (κ3) is 3.09. The van der Waals surface area contributed by atoms with Gasteiger partial charge in [-0.3, -0.25) is 0 Å². The van der Waals surface area contributed by atoms with Crippen molar-refractivity contribution in [2.75, 3.05) is 30.8 Å². The number of aromatic nitrogens is 1. The highest BCUT2D eigenvalue weighted by Crippen LogP contribution is 2.31. The average molecular weight is 257 g/mol. The molecule has 0 spiro atoms. The van der Waals surface area contributed by atoms with Crippen LogP contribution in [-0.4, -0.2) is 30.5 Å². The Bertz CT molecular complexity index is 373. The van der Waals surface area contributed by atoms with Gasteiger partial charge in [-0.1, -0.05) is 13.8 Å². The minimum Gasteiger partial charge on any atom is -0.465 e. The zero-order chi connectivity index (χ0) is 12.8. The number of anilines is 2. The van der Waals surface area contributed by atoms with Crippen molar-refractivity contribution >= 4 is 28.3 Å². The molecule has 0 aliphatic heterocycles. The lowest BCUT2D eigenvalue weighted by Crippen LogP contribution is -2.25. The lowest BCUT2D eigenvalue weighted by atomic mass is 10.2. The van der Waals surface area contributed by atoms with Gasteiger partial charge < -0.3 is 15.4 Å². The number of hydrogen-bond donors (Lipinski definition) is 1. The van der Waals surface area contributed by atoms with Gasteiger partial charge in [0.05, 0.1) is 7.11 Å². The Morgan fingerprint density at radius 1 is 1.41 bits per heavy atom. The Morgan fingerprint density at radius 3 is 2.47 bits per heavy atom. The van der Waals surface area contributed by atoms with E-state index in [-0.39, 0.29) is 5.82 Å². The number of carbonyl (C=O) groups is 1. The number of esters is 1. The minimum atomic E-state index is -0.413. The van der Waals surface area contributed by atoms with E-state index in [2.05, 4.69) is 23.1 Å². The molecule has 0 aliphatic rings. The Labute approximate surface area is 106 Å². The number of rotatable bonds is 6. The number of nitrogens with zero attached hydrogens (tertiary/aromatic N) is 2. The standard InChI is InChI=1S/C11H19N3O2S/c1-4-6-14(7-5-2)10-8(11(15)16-3)9(12)13-17-10/h4-7H2,1-3H3,(H2,12,13). The number of ether oxygens (including phenoxy) is 1. The van der Waals surface area contributed by atoms with Crippen LogP contribution < -0.4 is 10.6 Å². The molecule has 0 unspecified atom stereocenters. The zero-order valence-corrected chi connectivity index (χ0v) is 11.3. The largest absolute Gasteiger partial charge is 0.465 e. The number of hydrogen-bond acceptors (Lipinski definition) is 6. The first kappa shape index (κ1) is 13.8. The van der Waals surface area contributed by atoms with E-state index < -0.39 is 5.97 Å². The highest BCUT2D eigenvalue weighted by Gasteiger charge is 2.23. The second-order valence-electron chi connectivity index (χ2n) is 3.73. The molecule has 0 fully saturated rings. The summed E-state index contributed by atoms with van der Waals surface area (Å²) in [6.07, 6.45) is 2.02. The maximum absolute atomic E-state index is 11.7. The fourth-order valence-corrected chi connectivity index (χ4v) is 2.51. The minimum absolute atomic E-state index is 0.258. The Balaban J connectivity index is 3.05. The van der Waals surface area contributed by atoms with Gasteiger partial charge in [-0.15, -0.1) is 0 Å². The maximum atomic E-state index is 11.7. The predicted octanol–water partition coefficient (Wildman–Crippen LogP) is 2.14. The van der Waals surface area contributed by atoms with Gasteiger partial charge in [0.15, 0.2) is 5.82 Å². The third-order valence-electron chi connectivity index (χ3n) is 2.36. The van der Waals surface area contributed by atoms with Crippen LogP contribution in [0.2, 0.25) is 0 Å². The second kappa shape index (κ2) is 6.44. The maximum Gasteiger partial charge on any atom is 0.344 e. The third-order valence-corrected chi connectivity index (χ3v) is 3.29. The molecule has 17 heavy (non-hydrogen) atoms. The molecule has 0 aromatic carbocycles. The number of nitrogens with two attached hydrogens (primary N) is 1. The molecule has 0 saturated carbocycles. The first-order valence-corrected chi connectivity index (χ1v) is 6.51. The number of nitrogen functional groups attached to an aromatic ring is 1. The molecule has 0 saturated heterocycles. The van der Waals surface area contributed by atoms with Gasteiger partial charge in [-0.2, -0.15) is 4.37 Å². The second-order valence-corrected chi connectivity index (χ2v) is 4.48. The Kier molecular flexibility index (Phi) is 5.21. The van der Waals surface area contributed by atoms with E-state index in [1.165, 1.54) is 18.6 Å². The molecule has 1 aromatic rings. The van der Waals surface area contributed by atoms with Crippen molar-refractivity contribution in [3.8, 4) is 0 Å². The molecule has 0 bridgehead atoms. The molecule has 96 valence electrons.